The van der Waals surface area contributed by atoms with E-state index in [2.05, 4.69) is 80.4 Å². The van der Waals surface area contributed by atoms with E-state index in [-0.39, 0.29) is 0 Å². The topological polar surface area (TPSA) is 51.6 Å². The number of benzene rings is 6. The Labute approximate surface area is 308 Å². The van der Waals surface area contributed by atoms with Crippen LogP contribution in [-0.4, -0.2) is 19.9 Å². The Bertz CT molecular complexity index is 2020. The minimum atomic E-state index is 0.736. The molecule has 0 atom stereocenters. The van der Waals surface area contributed by atoms with Gasteiger partial charge in [0.2, 0.25) is 0 Å². The number of hydrogen-bond donors (Lipinski definition) is 0. The van der Waals surface area contributed by atoms with Gasteiger partial charge in [0.05, 0.1) is 22.8 Å². The van der Waals surface area contributed by atoms with Gasteiger partial charge in [0, 0.05) is 42.3 Å². The van der Waals surface area contributed by atoms with Gasteiger partial charge in [-0.25, -0.2) is 19.9 Å². The summed E-state index contributed by atoms with van der Waals surface area (Å²) in [6.45, 7) is 0. The SMILES string of the molecule is Brc1ccc(-c2cc(-c3ccccc3)nc(-c3ccccc3)n2)cc1.Brc1ccc(-c2cc(-c3ccccc3)nc(-c3ccccc3)n2)cc1. The third-order valence-corrected chi connectivity index (χ3v) is 8.99. The lowest BCUT2D eigenvalue weighted by atomic mass is 10.1. The molecule has 240 valence electrons. The second kappa shape index (κ2) is 15.8. The molecule has 0 amide bonds. The van der Waals surface area contributed by atoms with Crippen LogP contribution in [0.4, 0.5) is 0 Å². The largest absolute Gasteiger partial charge is 0.228 e. The van der Waals surface area contributed by atoms with Crippen molar-refractivity contribution in [2.24, 2.45) is 0 Å². The first-order valence-corrected chi connectivity index (χ1v) is 17.7. The van der Waals surface area contributed by atoms with E-state index in [0.717, 1.165) is 76.8 Å². The van der Waals surface area contributed by atoms with Crippen LogP contribution in [0.3, 0.4) is 0 Å². The summed E-state index contributed by atoms with van der Waals surface area (Å²) in [5, 5.41) is 0. The van der Waals surface area contributed by atoms with Crippen molar-refractivity contribution < 1.29 is 0 Å². The predicted octanol–water partition coefficient (Wildman–Crippen LogP) is 12.5. The molecule has 2 heterocycles. The second-order valence-corrected chi connectivity index (χ2v) is 13.2. The highest BCUT2D eigenvalue weighted by atomic mass is 79.9. The van der Waals surface area contributed by atoms with Gasteiger partial charge < -0.3 is 0 Å². The van der Waals surface area contributed by atoms with E-state index in [1.54, 1.807) is 0 Å². The summed E-state index contributed by atoms with van der Waals surface area (Å²) >= 11 is 6.98. The van der Waals surface area contributed by atoms with Crippen LogP contribution in [0.25, 0.3) is 67.8 Å². The third kappa shape index (κ3) is 8.17. The summed E-state index contributed by atoms with van der Waals surface area (Å²) in [4.78, 5) is 19.2. The first-order chi connectivity index (χ1) is 24.6. The quantitative estimate of drug-likeness (QED) is 0.169. The molecule has 6 heteroatoms. The Hall–Kier alpha value is -5.56. The van der Waals surface area contributed by atoms with Gasteiger partial charge in [0.15, 0.2) is 11.6 Å². The van der Waals surface area contributed by atoms with Gasteiger partial charge in [0.1, 0.15) is 0 Å². The Kier molecular flexibility index (Phi) is 10.4. The molecule has 0 saturated carbocycles. The van der Waals surface area contributed by atoms with E-state index in [4.69, 9.17) is 19.9 Å². The average Bonchev–Trinajstić information content (AvgIpc) is 3.20. The van der Waals surface area contributed by atoms with Crippen molar-refractivity contribution >= 4 is 31.9 Å². The molecule has 0 unspecified atom stereocenters. The number of nitrogens with zero attached hydrogens (tertiary/aromatic N) is 4. The maximum absolute atomic E-state index is 4.80. The number of aromatic nitrogens is 4. The van der Waals surface area contributed by atoms with Crippen LogP contribution >= 0.6 is 31.9 Å². The molecule has 50 heavy (non-hydrogen) atoms. The molecule has 0 bridgehead atoms. The molecule has 2 aromatic heterocycles. The van der Waals surface area contributed by atoms with Gasteiger partial charge in [-0.3, -0.25) is 0 Å². The smallest absolute Gasteiger partial charge is 0.160 e. The van der Waals surface area contributed by atoms with Crippen LogP contribution < -0.4 is 0 Å². The molecular formula is C44H30Br2N4. The van der Waals surface area contributed by atoms with Crippen molar-refractivity contribution in [3.05, 3.63) is 191 Å². The van der Waals surface area contributed by atoms with Gasteiger partial charge in [-0.05, 0) is 36.4 Å². The highest BCUT2D eigenvalue weighted by molar-refractivity contribution is 9.10. The number of halogens is 2. The molecule has 0 N–H and O–H groups in total. The monoisotopic (exact) mass is 772 g/mol. The van der Waals surface area contributed by atoms with Crippen LogP contribution in [0, 0.1) is 0 Å². The van der Waals surface area contributed by atoms with Crippen molar-refractivity contribution in [1.29, 1.82) is 0 Å². The first kappa shape index (κ1) is 33.0. The lowest BCUT2D eigenvalue weighted by Gasteiger charge is -2.09. The molecule has 0 aliphatic heterocycles. The molecule has 0 aliphatic rings. The Balaban J connectivity index is 0.000000157. The van der Waals surface area contributed by atoms with Gasteiger partial charge in [-0.15, -0.1) is 0 Å². The number of hydrogen-bond acceptors (Lipinski definition) is 4. The van der Waals surface area contributed by atoms with Crippen molar-refractivity contribution in [1.82, 2.24) is 19.9 Å². The van der Waals surface area contributed by atoms with E-state index < -0.39 is 0 Å². The minimum Gasteiger partial charge on any atom is -0.228 e. The van der Waals surface area contributed by atoms with Crippen LogP contribution in [0.15, 0.2) is 191 Å². The summed E-state index contributed by atoms with van der Waals surface area (Å²) < 4.78 is 2.11. The van der Waals surface area contributed by atoms with Crippen molar-refractivity contribution in [3.8, 4) is 67.8 Å². The van der Waals surface area contributed by atoms with E-state index >= 15 is 0 Å². The van der Waals surface area contributed by atoms with Gasteiger partial charge in [-0.2, -0.15) is 0 Å². The second-order valence-electron chi connectivity index (χ2n) is 11.4. The van der Waals surface area contributed by atoms with E-state index in [1.165, 1.54) is 0 Å². The lowest BCUT2D eigenvalue weighted by molar-refractivity contribution is 1.18. The molecule has 8 aromatic rings. The Morgan fingerprint density at radius 2 is 0.500 bits per heavy atom. The molecule has 0 radical (unpaired) electrons. The standard InChI is InChI=1S/2C22H15BrN2/c2*23-19-13-11-17(12-14-19)21-15-20(16-7-3-1-4-8-16)24-22(25-21)18-9-5-2-6-10-18/h2*1-15H. The van der Waals surface area contributed by atoms with Gasteiger partial charge in [-0.1, -0.05) is 177 Å². The molecule has 0 fully saturated rings. The molecule has 0 saturated heterocycles. The minimum absolute atomic E-state index is 0.736. The average molecular weight is 775 g/mol. The molecule has 6 aromatic carbocycles. The van der Waals surface area contributed by atoms with Gasteiger partial charge in [0.25, 0.3) is 0 Å². The van der Waals surface area contributed by atoms with Crippen molar-refractivity contribution in [2.75, 3.05) is 0 Å². The molecule has 8 rings (SSSR count). The summed E-state index contributed by atoms with van der Waals surface area (Å²) in [6.07, 6.45) is 0. The van der Waals surface area contributed by atoms with Crippen LogP contribution in [0.2, 0.25) is 0 Å². The fraction of sp³-hybridized carbons (Fsp3) is 0. The number of rotatable bonds is 6. The van der Waals surface area contributed by atoms with Crippen molar-refractivity contribution in [2.45, 2.75) is 0 Å². The normalized spacial score (nSPS) is 10.6. The highest BCUT2D eigenvalue weighted by Crippen LogP contribution is 2.30. The van der Waals surface area contributed by atoms with Crippen LogP contribution in [0.5, 0.6) is 0 Å². The zero-order valence-electron chi connectivity index (χ0n) is 26.9. The summed E-state index contributed by atoms with van der Waals surface area (Å²) in [7, 11) is 0. The molecular weight excluding hydrogens is 744 g/mol. The van der Waals surface area contributed by atoms with E-state index in [9.17, 15) is 0 Å². The predicted molar refractivity (Wildman–Crippen MR) is 212 cm³/mol. The Morgan fingerprint density at radius 3 is 0.780 bits per heavy atom. The summed E-state index contributed by atoms with van der Waals surface area (Å²) in [5.41, 5.74) is 10.0. The maximum Gasteiger partial charge on any atom is 0.160 e. The molecule has 4 nitrogen and oxygen atoms in total. The fourth-order valence-electron chi connectivity index (χ4n) is 5.38. The fourth-order valence-corrected chi connectivity index (χ4v) is 5.91. The van der Waals surface area contributed by atoms with Crippen LogP contribution in [0.1, 0.15) is 0 Å². The lowest BCUT2D eigenvalue weighted by Crippen LogP contribution is -1.95. The zero-order valence-corrected chi connectivity index (χ0v) is 30.0. The zero-order chi connectivity index (χ0) is 34.1. The highest BCUT2D eigenvalue weighted by Gasteiger charge is 2.12. The first-order valence-electron chi connectivity index (χ1n) is 16.1. The maximum atomic E-state index is 4.80. The van der Waals surface area contributed by atoms with Crippen LogP contribution in [-0.2, 0) is 0 Å². The van der Waals surface area contributed by atoms with E-state index in [1.807, 2.05) is 133 Å². The van der Waals surface area contributed by atoms with Gasteiger partial charge >= 0.3 is 0 Å². The van der Waals surface area contributed by atoms with E-state index in [0.29, 0.717) is 0 Å². The van der Waals surface area contributed by atoms with Crippen molar-refractivity contribution in [3.63, 3.8) is 0 Å². The third-order valence-electron chi connectivity index (χ3n) is 7.94. The molecule has 0 aliphatic carbocycles. The molecule has 0 spiro atoms. The summed E-state index contributed by atoms with van der Waals surface area (Å²) in [6, 6.07) is 61.1. The summed E-state index contributed by atoms with van der Waals surface area (Å²) in [5.74, 6) is 1.47. The Morgan fingerprint density at radius 1 is 0.260 bits per heavy atom.